The Balaban J connectivity index is 2.42. The number of ether oxygens (including phenoxy) is 1. The van der Waals surface area contributed by atoms with Gasteiger partial charge in [0.1, 0.15) is 12.0 Å². The van der Waals surface area contributed by atoms with E-state index in [1.165, 1.54) is 18.3 Å². The minimum Gasteiger partial charge on any atom is -0.406 e. The molecule has 112 valence electrons. The van der Waals surface area contributed by atoms with Gasteiger partial charge in [0.2, 0.25) is 0 Å². The lowest BCUT2D eigenvalue weighted by atomic mass is 10.1. The Labute approximate surface area is 119 Å². The number of alkyl halides is 3. The molecule has 0 atom stereocenters. The topological polar surface area (TPSA) is 44.1 Å². The summed E-state index contributed by atoms with van der Waals surface area (Å²) in [4.78, 5) is 10.9. The molecule has 7 heteroatoms. The van der Waals surface area contributed by atoms with Crippen LogP contribution in [0.3, 0.4) is 0 Å². The molecule has 0 saturated heterocycles. The van der Waals surface area contributed by atoms with Crippen molar-refractivity contribution in [2.75, 3.05) is 0 Å². The molecule has 0 N–H and O–H groups in total. The van der Waals surface area contributed by atoms with Crippen molar-refractivity contribution in [3.63, 3.8) is 0 Å². The number of hydrogen-bond acceptors (Lipinski definition) is 3. The van der Waals surface area contributed by atoms with Gasteiger partial charge in [-0.05, 0) is 37.6 Å². The molecule has 0 aliphatic carbocycles. The highest BCUT2D eigenvalue weighted by atomic mass is 19.4. The Morgan fingerprint density at radius 1 is 1.24 bits per heavy atom. The standard InChI is InChI=1S/C14H13F3N2O2/c1-9(2)19-7-12(6-18-19)11-3-10(8-20)4-13(5-11)21-14(15,16)17/h3-9H,1-2H3. The third-order valence-corrected chi connectivity index (χ3v) is 2.76. The molecule has 2 rings (SSSR count). The Morgan fingerprint density at radius 2 is 1.95 bits per heavy atom. The molecule has 1 aromatic heterocycles. The van der Waals surface area contributed by atoms with Gasteiger partial charge >= 0.3 is 6.36 Å². The molecule has 0 spiro atoms. The number of halogens is 3. The van der Waals surface area contributed by atoms with Crippen molar-refractivity contribution in [1.82, 2.24) is 9.78 Å². The van der Waals surface area contributed by atoms with E-state index < -0.39 is 12.1 Å². The van der Waals surface area contributed by atoms with Crippen LogP contribution in [0.25, 0.3) is 11.1 Å². The molecule has 1 aromatic carbocycles. The number of carbonyl (C=O) groups is 1. The minimum absolute atomic E-state index is 0.101. The van der Waals surface area contributed by atoms with Gasteiger partial charge in [-0.25, -0.2) is 0 Å². The van der Waals surface area contributed by atoms with Crippen LogP contribution in [0.2, 0.25) is 0 Å². The van der Waals surface area contributed by atoms with Gasteiger partial charge in [0.25, 0.3) is 0 Å². The van der Waals surface area contributed by atoms with Gasteiger partial charge in [0, 0.05) is 23.4 Å². The summed E-state index contributed by atoms with van der Waals surface area (Å²) in [5.74, 6) is -0.431. The van der Waals surface area contributed by atoms with E-state index in [0.29, 0.717) is 17.4 Å². The third-order valence-electron chi connectivity index (χ3n) is 2.76. The Morgan fingerprint density at radius 3 is 2.48 bits per heavy atom. The van der Waals surface area contributed by atoms with Gasteiger partial charge in [0.15, 0.2) is 0 Å². The van der Waals surface area contributed by atoms with E-state index >= 15 is 0 Å². The molecule has 0 amide bonds. The molecular weight excluding hydrogens is 285 g/mol. The zero-order valence-corrected chi connectivity index (χ0v) is 11.4. The Kier molecular flexibility index (Phi) is 4.02. The van der Waals surface area contributed by atoms with E-state index in [1.807, 2.05) is 13.8 Å². The summed E-state index contributed by atoms with van der Waals surface area (Å²) in [6.07, 6.45) is -1.10. The third kappa shape index (κ3) is 3.84. The maximum Gasteiger partial charge on any atom is 0.573 e. The lowest BCUT2D eigenvalue weighted by Crippen LogP contribution is -2.17. The summed E-state index contributed by atoms with van der Waals surface area (Å²) < 4.78 is 42.4. The van der Waals surface area contributed by atoms with Crippen molar-refractivity contribution in [3.05, 3.63) is 36.2 Å². The summed E-state index contributed by atoms with van der Waals surface area (Å²) in [6.45, 7) is 3.85. The van der Waals surface area contributed by atoms with E-state index in [2.05, 4.69) is 9.84 Å². The normalized spacial score (nSPS) is 11.7. The molecule has 0 saturated carbocycles. The first-order valence-electron chi connectivity index (χ1n) is 6.19. The molecule has 0 aliphatic rings. The number of aldehydes is 1. The molecule has 21 heavy (non-hydrogen) atoms. The fourth-order valence-corrected chi connectivity index (χ4v) is 1.82. The van der Waals surface area contributed by atoms with Crippen LogP contribution in [-0.2, 0) is 0 Å². The summed E-state index contributed by atoms with van der Waals surface area (Å²) >= 11 is 0. The predicted molar refractivity (Wildman–Crippen MR) is 70.1 cm³/mol. The van der Waals surface area contributed by atoms with Crippen LogP contribution in [0.5, 0.6) is 5.75 Å². The van der Waals surface area contributed by atoms with Gasteiger partial charge in [-0.15, -0.1) is 13.2 Å². The van der Waals surface area contributed by atoms with E-state index in [1.54, 1.807) is 10.9 Å². The molecule has 0 radical (unpaired) electrons. The van der Waals surface area contributed by atoms with Gasteiger partial charge in [-0.2, -0.15) is 5.10 Å². The summed E-state index contributed by atoms with van der Waals surface area (Å²) in [7, 11) is 0. The maximum absolute atomic E-state index is 12.3. The summed E-state index contributed by atoms with van der Waals surface area (Å²) in [5.41, 5.74) is 1.15. The van der Waals surface area contributed by atoms with Crippen LogP contribution < -0.4 is 4.74 Å². The van der Waals surface area contributed by atoms with E-state index in [4.69, 9.17) is 0 Å². The van der Waals surface area contributed by atoms with Gasteiger partial charge in [-0.1, -0.05) is 0 Å². The lowest BCUT2D eigenvalue weighted by Gasteiger charge is -2.10. The average molecular weight is 298 g/mol. The molecule has 1 heterocycles. The largest absolute Gasteiger partial charge is 0.573 e. The second-order valence-electron chi connectivity index (χ2n) is 4.76. The van der Waals surface area contributed by atoms with E-state index in [0.717, 1.165) is 6.07 Å². The number of hydrogen-bond donors (Lipinski definition) is 0. The van der Waals surface area contributed by atoms with Crippen LogP contribution >= 0.6 is 0 Å². The fourth-order valence-electron chi connectivity index (χ4n) is 1.82. The highest BCUT2D eigenvalue weighted by Crippen LogP contribution is 2.29. The monoisotopic (exact) mass is 298 g/mol. The van der Waals surface area contributed by atoms with Crippen molar-refractivity contribution >= 4 is 6.29 Å². The first-order chi connectivity index (χ1) is 9.78. The SMILES string of the molecule is CC(C)n1cc(-c2cc(C=O)cc(OC(F)(F)F)c2)cn1. The smallest absolute Gasteiger partial charge is 0.406 e. The minimum atomic E-state index is -4.80. The molecule has 0 unspecified atom stereocenters. The number of aromatic nitrogens is 2. The van der Waals surface area contributed by atoms with Crippen LogP contribution in [0.15, 0.2) is 30.6 Å². The van der Waals surface area contributed by atoms with Crippen LogP contribution in [-0.4, -0.2) is 22.4 Å². The van der Waals surface area contributed by atoms with Crippen LogP contribution in [0.4, 0.5) is 13.2 Å². The van der Waals surface area contributed by atoms with Crippen LogP contribution in [0.1, 0.15) is 30.2 Å². The molecule has 0 fully saturated rings. The van der Waals surface area contributed by atoms with E-state index in [-0.39, 0.29) is 11.6 Å². The molecular formula is C14H13F3N2O2. The fraction of sp³-hybridized carbons (Fsp3) is 0.286. The average Bonchev–Trinajstić information content (AvgIpc) is 2.86. The highest BCUT2D eigenvalue weighted by molar-refractivity contribution is 5.80. The Bertz CT molecular complexity index is 648. The van der Waals surface area contributed by atoms with Crippen molar-refractivity contribution < 1.29 is 22.7 Å². The van der Waals surface area contributed by atoms with Gasteiger partial charge < -0.3 is 4.74 Å². The van der Waals surface area contributed by atoms with Gasteiger partial charge in [0.05, 0.1) is 6.20 Å². The number of carbonyl (C=O) groups excluding carboxylic acids is 1. The summed E-state index contributed by atoms with van der Waals surface area (Å²) in [5, 5.41) is 4.12. The predicted octanol–water partition coefficient (Wildman–Crippen LogP) is 3.84. The molecule has 0 bridgehead atoms. The number of rotatable bonds is 4. The number of benzene rings is 1. The van der Waals surface area contributed by atoms with Crippen molar-refractivity contribution in [2.24, 2.45) is 0 Å². The Hall–Kier alpha value is -2.31. The lowest BCUT2D eigenvalue weighted by molar-refractivity contribution is -0.274. The summed E-state index contributed by atoms with van der Waals surface area (Å²) in [6, 6.07) is 3.87. The van der Waals surface area contributed by atoms with Crippen molar-refractivity contribution in [3.8, 4) is 16.9 Å². The van der Waals surface area contributed by atoms with E-state index in [9.17, 15) is 18.0 Å². The highest BCUT2D eigenvalue weighted by Gasteiger charge is 2.31. The molecule has 0 aliphatic heterocycles. The molecule has 4 nitrogen and oxygen atoms in total. The molecule has 2 aromatic rings. The van der Waals surface area contributed by atoms with Crippen molar-refractivity contribution in [2.45, 2.75) is 26.3 Å². The van der Waals surface area contributed by atoms with Crippen molar-refractivity contribution in [1.29, 1.82) is 0 Å². The number of nitrogens with zero attached hydrogens (tertiary/aromatic N) is 2. The zero-order chi connectivity index (χ0) is 15.6. The first-order valence-corrected chi connectivity index (χ1v) is 6.19. The second kappa shape index (κ2) is 5.59. The quantitative estimate of drug-likeness (QED) is 0.805. The maximum atomic E-state index is 12.3. The first kappa shape index (κ1) is 15.1. The second-order valence-corrected chi connectivity index (χ2v) is 4.76. The zero-order valence-electron chi connectivity index (χ0n) is 11.4. The van der Waals surface area contributed by atoms with Crippen LogP contribution in [0, 0.1) is 0 Å². The van der Waals surface area contributed by atoms with Gasteiger partial charge in [-0.3, -0.25) is 9.48 Å².